The number of anilines is 2. The third-order valence-corrected chi connectivity index (χ3v) is 4.26. The Labute approximate surface area is 163 Å². The van der Waals surface area contributed by atoms with Gasteiger partial charge in [-0.25, -0.2) is 4.99 Å². The number of aliphatic imine (C=N–C) groups is 2. The van der Waals surface area contributed by atoms with Gasteiger partial charge >= 0.3 is 0 Å². The van der Waals surface area contributed by atoms with Gasteiger partial charge in [-0.15, -0.1) is 0 Å². The maximum absolute atomic E-state index is 12.2. The van der Waals surface area contributed by atoms with Crippen LogP contribution in [0.4, 0.5) is 11.4 Å². The number of aryl methyl sites for hydroxylation is 2. The monoisotopic (exact) mass is 378 g/mol. The minimum atomic E-state index is -0.838. The van der Waals surface area contributed by atoms with Gasteiger partial charge in [0.25, 0.3) is 5.91 Å². The maximum Gasteiger partial charge on any atom is 0.252 e. The van der Waals surface area contributed by atoms with Gasteiger partial charge in [-0.05, 0) is 49.2 Å². The van der Waals surface area contributed by atoms with E-state index in [-0.39, 0.29) is 30.2 Å². The van der Waals surface area contributed by atoms with Crippen molar-refractivity contribution >= 4 is 35.1 Å². The first kappa shape index (κ1) is 19.1. The van der Waals surface area contributed by atoms with Crippen LogP contribution in [0.1, 0.15) is 17.5 Å². The average Bonchev–Trinajstić information content (AvgIpc) is 2.97. The lowest BCUT2D eigenvalue weighted by Crippen LogP contribution is -2.32. The van der Waals surface area contributed by atoms with Gasteiger partial charge in [-0.2, -0.15) is 4.99 Å². The van der Waals surface area contributed by atoms with Crippen LogP contribution in [0, 0.1) is 13.8 Å². The summed E-state index contributed by atoms with van der Waals surface area (Å²) in [5.41, 5.74) is 9.50. The van der Waals surface area contributed by atoms with Crippen LogP contribution < -0.4 is 21.7 Å². The number of nitrogens with zero attached hydrogens (tertiary/aromatic N) is 2. The molecule has 28 heavy (non-hydrogen) atoms. The van der Waals surface area contributed by atoms with Crippen LogP contribution in [-0.2, 0) is 9.59 Å². The molecule has 8 nitrogen and oxygen atoms in total. The van der Waals surface area contributed by atoms with Gasteiger partial charge in [-0.1, -0.05) is 24.3 Å². The molecule has 144 valence electrons. The fourth-order valence-corrected chi connectivity index (χ4v) is 2.65. The molecule has 1 aliphatic heterocycles. The van der Waals surface area contributed by atoms with Crippen LogP contribution in [0.15, 0.2) is 58.5 Å². The summed E-state index contributed by atoms with van der Waals surface area (Å²) in [7, 11) is 0. The molecule has 3 rings (SSSR count). The number of amides is 2. The molecule has 0 radical (unpaired) electrons. The second kappa shape index (κ2) is 8.34. The predicted octanol–water partition coefficient (Wildman–Crippen LogP) is 1.91. The van der Waals surface area contributed by atoms with Crippen molar-refractivity contribution < 1.29 is 9.59 Å². The first-order chi connectivity index (χ1) is 13.4. The Morgan fingerprint density at radius 3 is 2.57 bits per heavy atom. The number of hydrogen-bond acceptors (Lipinski definition) is 4. The van der Waals surface area contributed by atoms with Crippen molar-refractivity contribution in [1.29, 1.82) is 0 Å². The summed E-state index contributed by atoms with van der Waals surface area (Å²) in [6.45, 7) is 3.97. The van der Waals surface area contributed by atoms with Crippen molar-refractivity contribution in [3.63, 3.8) is 0 Å². The Kier molecular flexibility index (Phi) is 5.69. The number of carbonyl (C=O) groups is 2. The van der Waals surface area contributed by atoms with E-state index in [1.165, 1.54) is 0 Å². The van der Waals surface area contributed by atoms with Gasteiger partial charge in [0, 0.05) is 11.4 Å². The van der Waals surface area contributed by atoms with Crippen molar-refractivity contribution in [2.75, 3.05) is 10.6 Å². The van der Waals surface area contributed by atoms with Crippen LogP contribution in [-0.4, -0.2) is 29.8 Å². The largest absolute Gasteiger partial charge is 0.369 e. The minimum absolute atomic E-state index is 0.0786. The third kappa shape index (κ3) is 4.94. The van der Waals surface area contributed by atoms with Crippen LogP contribution in [0.3, 0.4) is 0 Å². The van der Waals surface area contributed by atoms with Crippen molar-refractivity contribution in [2.24, 2.45) is 15.7 Å². The zero-order valence-corrected chi connectivity index (χ0v) is 15.7. The predicted molar refractivity (Wildman–Crippen MR) is 110 cm³/mol. The Morgan fingerprint density at radius 1 is 1.11 bits per heavy atom. The quantitative estimate of drug-likeness (QED) is 0.480. The summed E-state index contributed by atoms with van der Waals surface area (Å²) in [5, 5.41) is 8.21. The van der Waals surface area contributed by atoms with Crippen LogP contribution in [0.5, 0.6) is 0 Å². The first-order valence-electron chi connectivity index (χ1n) is 8.83. The molecule has 1 atom stereocenters. The number of hydrogen-bond donors (Lipinski definition) is 4. The number of carbonyl (C=O) groups excluding carboxylic acids is 2. The molecule has 0 aromatic heterocycles. The number of benzene rings is 2. The lowest BCUT2D eigenvalue weighted by atomic mass is 10.1. The molecule has 8 heteroatoms. The molecule has 0 unspecified atom stereocenters. The number of guanidine groups is 2. The summed E-state index contributed by atoms with van der Waals surface area (Å²) in [5.74, 6) is -0.519. The van der Waals surface area contributed by atoms with Gasteiger partial charge in [0.2, 0.25) is 17.8 Å². The van der Waals surface area contributed by atoms with Gasteiger partial charge in [-0.3, -0.25) is 14.9 Å². The number of nitrogens with two attached hydrogens (primary N) is 1. The highest BCUT2D eigenvalue weighted by Gasteiger charge is 2.28. The standard InChI is InChI=1S/C20H22N6O2/c1-12-8-9-15(10-13(12)2)22-17(27)11-16-18(28)25-20(24-16)26-19(21)23-14-6-4-3-5-7-14/h3-10,16H,11H2,1-2H3,(H,22,27)(H4,21,23,24,25,26,28)/t16-/m1/s1. The molecular formula is C20H22N6O2. The zero-order valence-electron chi connectivity index (χ0n) is 15.7. The van der Waals surface area contributed by atoms with Crippen molar-refractivity contribution in [1.82, 2.24) is 5.32 Å². The second-order valence-corrected chi connectivity index (χ2v) is 6.50. The highest BCUT2D eigenvalue weighted by atomic mass is 16.2. The normalized spacial score (nSPS) is 16.4. The van der Waals surface area contributed by atoms with E-state index in [9.17, 15) is 9.59 Å². The van der Waals surface area contributed by atoms with Crippen LogP contribution in [0.2, 0.25) is 0 Å². The molecule has 2 aromatic carbocycles. The van der Waals surface area contributed by atoms with E-state index < -0.39 is 6.04 Å². The van der Waals surface area contributed by atoms with Gasteiger partial charge in [0.1, 0.15) is 6.04 Å². The van der Waals surface area contributed by atoms with Crippen LogP contribution >= 0.6 is 0 Å². The Morgan fingerprint density at radius 2 is 1.86 bits per heavy atom. The van der Waals surface area contributed by atoms with Crippen molar-refractivity contribution in [2.45, 2.75) is 26.3 Å². The minimum Gasteiger partial charge on any atom is -0.369 e. The SMILES string of the molecule is Cc1ccc(NC(=O)C[C@H]2N=C(N=C(N)Nc3ccccc3)NC2=O)cc1C. The summed E-state index contributed by atoms with van der Waals surface area (Å²) in [4.78, 5) is 32.5. The Hall–Kier alpha value is -3.68. The molecule has 0 bridgehead atoms. The lowest BCUT2D eigenvalue weighted by Gasteiger charge is -2.08. The summed E-state index contributed by atoms with van der Waals surface area (Å²) in [6, 6.07) is 14.1. The summed E-state index contributed by atoms with van der Waals surface area (Å²) >= 11 is 0. The average molecular weight is 378 g/mol. The smallest absolute Gasteiger partial charge is 0.252 e. The molecule has 5 N–H and O–H groups in total. The molecule has 0 saturated carbocycles. The Bertz CT molecular complexity index is 952. The van der Waals surface area contributed by atoms with Gasteiger partial charge in [0.15, 0.2) is 0 Å². The third-order valence-electron chi connectivity index (χ3n) is 4.26. The van der Waals surface area contributed by atoms with E-state index in [0.29, 0.717) is 5.69 Å². The molecule has 1 aliphatic rings. The van der Waals surface area contributed by atoms with Crippen LogP contribution in [0.25, 0.3) is 0 Å². The lowest BCUT2D eigenvalue weighted by molar-refractivity contribution is -0.123. The molecule has 0 saturated heterocycles. The van der Waals surface area contributed by atoms with E-state index in [2.05, 4.69) is 25.9 Å². The zero-order chi connectivity index (χ0) is 20.1. The number of rotatable bonds is 4. The van der Waals surface area contributed by atoms with Gasteiger partial charge < -0.3 is 16.4 Å². The number of nitrogens with one attached hydrogen (secondary N) is 3. The highest BCUT2D eigenvalue weighted by Crippen LogP contribution is 2.15. The molecule has 2 amide bonds. The molecular weight excluding hydrogens is 356 g/mol. The Balaban J connectivity index is 1.60. The van der Waals surface area contributed by atoms with E-state index in [0.717, 1.165) is 16.8 Å². The molecule has 0 aliphatic carbocycles. The van der Waals surface area contributed by atoms with E-state index in [4.69, 9.17) is 5.73 Å². The first-order valence-corrected chi connectivity index (χ1v) is 8.83. The van der Waals surface area contributed by atoms with Gasteiger partial charge in [0.05, 0.1) is 6.42 Å². The highest BCUT2D eigenvalue weighted by molar-refractivity contribution is 6.11. The molecule has 1 heterocycles. The van der Waals surface area contributed by atoms with Crippen molar-refractivity contribution in [3.05, 3.63) is 59.7 Å². The second-order valence-electron chi connectivity index (χ2n) is 6.50. The van der Waals surface area contributed by atoms with Crippen molar-refractivity contribution in [3.8, 4) is 0 Å². The van der Waals surface area contributed by atoms with E-state index >= 15 is 0 Å². The maximum atomic E-state index is 12.2. The fourth-order valence-electron chi connectivity index (χ4n) is 2.65. The summed E-state index contributed by atoms with van der Waals surface area (Å²) in [6.07, 6.45) is -0.0796. The van der Waals surface area contributed by atoms with E-state index in [1.54, 1.807) is 0 Å². The fraction of sp³-hybridized carbons (Fsp3) is 0.200. The molecule has 0 fully saturated rings. The topological polar surface area (TPSA) is 121 Å². The molecule has 0 spiro atoms. The number of para-hydroxylation sites is 1. The summed E-state index contributed by atoms with van der Waals surface area (Å²) < 4.78 is 0. The molecule has 2 aromatic rings. The van der Waals surface area contributed by atoms with E-state index in [1.807, 2.05) is 62.4 Å².